The average Bonchev–Trinajstić information content (AvgIpc) is 2.98. The first kappa shape index (κ1) is 11.6. The van der Waals surface area contributed by atoms with Gasteiger partial charge >= 0.3 is 0 Å². The van der Waals surface area contributed by atoms with Crippen LogP contribution in [0.4, 0.5) is 0 Å². The largest absolute Gasteiger partial charge is 0.377 e. The molecule has 94 valence electrons. The first-order chi connectivity index (χ1) is 8.38. The summed E-state index contributed by atoms with van der Waals surface area (Å²) >= 11 is 1.72. The molecule has 0 amide bonds. The fourth-order valence-corrected chi connectivity index (χ4v) is 3.54. The van der Waals surface area contributed by atoms with E-state index < -0.39 is 0 Å². The third-order valence-electron chi connectivity index (χ3n) is 3.71. The third-order valence-corrected chi connectivity index (χ3v) is 4.47. The number of aromatic nitrogens is 1. The van der Waals surface area contributed by atoms with Gasteiger partial charge in [-0.2, -0.15) is 0 Å². The molecule has 1 aromatic heterocycles. The monoisotopic (exact) mass is 254 g/mol. The van der Waals surface area contributed by atoms with E-state index in [4.69, 9.17) is 9.47 Å². The lowest BCUT2D eigenvalue weighted by molar-refractivity contribution is -0.0655. The standard InChI is InChI=1S/C12H18N2O2S/c1-15-10-7-14(8-11-13-4-6-17-11)9-3-2-5-16-12(9)10/h4,6,9-10,12H,2-3,5,7-8H2,1H3/t9-,10+,12+/m1/s1. The molecule has 2 fully saturated rings. The Morgan fingerprint density at radius 2 is 2.59 bits per heavy atom. The number of nitrogens with zero attached hydrogens (tertiary/aromatic N) is 2. The predicted octanol–water partition coefficient (Wildman–Crippen LogP) is 1.52. The maximum Gasteiger partial charge on any atom is 0.107 e. The normalized spacial score (nSPS) is 33.8. The SMILES string of the molecule is CO[C@H]1CN(Cc2nccs2)[C@@H]2CCCO[C@H]12. The van der Waals surface area contributed by atoms with Gasteiger partial charge in [-0.3, -0.25) is 4.90 Å². The van der Waals surface area contributed by atoms with E-state index in [-0.39, 0.29) is 12.2 Å². The number of methoxy groups -OCH3 is 1. The fraction of sp³-hybridized carbons (Fsp3) is 0.750. The smallest absolute Gasteiger partial charge is 0.107 e. The lowest BCUT2D eigenvalue weighted by atomic mass is 10.0. The number of likely N-dealkylation sites (tertiary alicyclic amines) is 1. The van der Waals surface area contributed by atoms with Gasteiger partial charge in [-0.15, -0.1) is 11.3 Å². The molecule has 2 aliphatic heterocycles. The molecule has 0 aliphatic carbocycles. The summed E-state index contributed by atoms with van der Waals surface area (Å²) in [4.78, 5) is 6.83. The van der Waals surface area contributed by atoms with E-state index in [1.54, 1.807) is 18.4 Å². The first-order valence-electron chi connectivity index (χ1n) is 6.15. The van der Waals surface area contributed by atoms with Gasteiger partial charge in [-0.1, -0.05) is 0 Å². The second-order valence-electron chi connectivity index (χ2n) is 4.67. The van der Waals surface area contributed by atoms with E-state index in [1.807, 2.05) is 11.6 Å². The molecule has 2 aliphatic rings. The van der Waals surface area contributed by atoms with Crippen molar-refractivity contribution in [2.75, 3.05) is 20.3 Å². The molecule has 0 spiro atoms. The molecule has 1 aromatic rings. The Bertz CT molecular complexity index is 357. The summed E-state index contributed by atoms with van der Waals surface area (Å²) in [6, 6.07) is 0.512. The Morgan fingerprint density at radius 1 is 1.65 bits per heavy atom. The van der Waals surface area contributed by atoms with Crippen LogP contribution in [0, 0.1) is 0 Å². The highest BCUT2D eigenvalue weighted by Gasteiger charge is 2.44. The molecule has 0 unspecified atom stereocenters. The van der Waals surface area contributed by atoms with Gasteiger partial charge in [0.25, 0.3) is 0 Å². The van der Waals surface area contributed by atoms with E-state index >= 15 is 0 Å². The highest BCUT2D eigenvalue weighted by Crippen LogP contribution is 2.31. The number of rotatable bonds is 3. The van der Waals surface area contributed by atoms with Crippen LogP contribution in [0.1, 0.15) is 17.8 Å². The topological polar surface area (TPSA) is 34.6 Å². The molecule has 0 bridgehead atoms. The van der Waals surface area contributed by atoms with Gasteiger partial charge in [0.15, 0.2) is 0 Å². The summed E-state index contributed by atoms with van der Waals surface area (Å²) in [5.74, 6) is 0. The van der Waals surface area contributed by atoms with Crippen LogP contribution in [-0.4, -0.2) is 48.4 Å². The van der Waals surface area contributed by atoms with Crippen molar-refractivity contribution in [1.82, 2.24) is 9.88 Å². The second kappa shape index (κ2) is 5.02. The van der Waals surface area contributed by atoms with E-state index in [1.165, 1.54) is 11.4 Å². The molecule has 4 nitrogen and oxygen atoms in total. The van der Waals surface area contributed by atoms with Crippen molar-refractivity contribution in [2.45, 2.75) is 37.6 Å². The number of hydrogen-bond donors (Lipinski definition) is 0. The van der Waals surface area contributed by atoms with Crippen molar-refractivity contribution >= 4 is 11.3 Å². The summed E-state index contributed by atoms with van der Waals surface area (Å²) in [5.41, 5.74) is 0. The van der Waals surface area contributed by atoms with Crippen LogP contribution in [0.25, 0.3) is 0 Å². The van der Waals surface area contributed by atoms with Gasteiger partial charge in [0.05, 0.1) is 12.6 Å². The lowest BCUT2D eigenvalue weighted by Crippen LogP contribution is -2.41. The van der Waals surface area contributed by atoms with Gasteiger partial charge in [-0.25, -0.2) is 4.98 Å². The van der Waals surface area contributed by atoms with E-state index in [0.717, 1.165) is 26.1 Å². The van der Waals surface area contributed by atoms with E-state index in [2.05, 4.69) is 9.88 Å². The molecule has 3 atom stereocenters. The second-order valence-corrected chi connectivity index (χ2v) is 5.65. The summed E-state index contributed by atoms with van der Waals surface area (Å²) in [6.07, 6.45) is 4.73. The predicted molar refractivity (Wildman–Crippen MR) is 66.1 cm³/mol. The minimum absolute atomic E-state index is 0.222. The maximum absolute atomic E-state index is 5.87. The van der Waals surface area contributed by atoms with Gasteiger partial charge in [0.2, 0.25) is 0 Å². The van der Waals surface area contributed by atoms with Crippen molar-refractivity contribution in [3.05, 3.63) is 16.6 Å². The van der Waals surface area contributed by atoms with Crippen molar-refractivity contribution in [1.29, 1.82) is 0 Å². The van der Waals surface area contributed by atoms with Crippen LogP contribution < -0.4 is 0 Å². The van der Waals surface area contributed by atoms with Gasteiger partial charge in [0.1, 0.15) is 11.1 Å². The third kappa shape index (κ3) is 2.25. The zero-order valence-corrected chi connectivity index (χ0v) is 10.9. The lowest BCUT2D eigenvalue weighted by Gasteiger charge is -2.31. The summed E-state index contributed by atoms with van der Waals surface area (Å²) in [5, 5.41) is 3.22. The van der Waals surface area contributed by atoms with E-state index in [9.17, 15) is 0 Å². The minimum Gasteiger partial charge on any atom is -0.377 e. The van der Waals surface area contributed by atoms with Crippen molar-refractivity contribution in [3.8, 4) is 0 Å². The van der Waals surface area contributed by atoms with Crippen LogP contribution in [0.15, 0.2) is 11.6 Å². The number of ether oxygens (including phenoxy) is 2. The molecule has 0 radical (unpaired) electrons. The zero-order chi connectivity index (χ0) is 11.7. The number of thiazole rings is 1. The highest BCUT2D eigenvalue weighted by molar-refractivity contribution is 7.09. The molecule has 3 rings (SSSR count). The summed E-state index contributed by atoms with van der Waals surface area (Å²) in [6.45, 7) is 2.78. The molecule has 5 heteroatoms. The molecule has 17 heavy (non-hydrogen) atoms. The molecule has 2 saturated heterocycles. The van der Waals surface area contributed by atoms with Crippen LogP contribution in [0.3, 0.4) is 0 Å². The van der Waals surface area contributed by atoms with Crippen LogP contribution >= 0.6 is 11.3 Å². The number of fused-ring (bicyclic) bond motifs is 1. The van der Waals surface area contributed by atoms with Crippen LogP contribution in [0.2, 0.25) is 0 Å². The highest BCUT2D eigenvalue weighted by atomic mass is 32.1. The molecular formula is C12H18N2O2S. The Hall–Kier alpha value is -0.490. The summed E-state index contributed by atoms with van der Waals surface area (Å²) < 4.78 is 11.4. The Morgan fingerprint density at radius 3 is 3.35 bits per heavy atom. The van der Waals surface area contributed by atoms with Gasteiger partial charge in [-0.05, 0) is 12.8 Å². The quantitative estimate of drug-likeness (QED) is 0.819. The van der Waals surface area contributed by atoms with Crippen molar-refractivity contribution in [3.63, 3.8) is 0 Å². The maximum atomic E-state index is 5.87. The summed E-state index contributed by atoms with van der Waals surface area (Å²) in [7, 11) is 1.78. The number of hydrogen-bond acceptors (Lipinski definition) is 5. The average molecular weight is 254 g/mol. The van der Waals surface area contributed by atoms with Crippen LogP contribution in [0.5, 0.6) is 0 Å². The molecule has 0 saturated carbocycles. The van der Waals surface area contributed by atoms with Crippen molar-refractivity contribution in [2.24, 2.45) is 0 Å². The van der Waals surface area contributed by atoms with E-state index in [0.29, 0.717) is 6.04 Å². The first-order valence-corrected chi connectivity index (χ1v) is 7.03. The molecule has 3 heterocycles. The van der Waals surface area contributed by atoms with Crippen LogP contribution in [-0.2, 0) is 16.0 Å². The fourth-order valence-electron chi connectivity index (χ4n) is 2.90. The molecule has 0 aromatic carbocycles. The zero-order valence-electron chi connectivity index (χ0n) is 10.0. The Balaban J connectivity index is 1.72. The Kier molecular flexibility index (Phi) is 3.42. The molecule has 0 N–H and O–H groups in total. The van der Waals surface area contributed by atoms with Gasteiger partial charge < -0.3 is 9.47 Å². The van der Waals surface area contributed by atoms with Crippen molar-refractivity contribution < 1.29 is 9.47 Å². The Labute approximate surface area is 106 Å². The molecular weight excluding hydrogens is 236 g/mol. The van der Waals surface area contributed by atoms with Gasteiger partial charge in [0, 0.05) is 37.9 Å². The minimum atomic E-state index is 0.222.